The molecule has 0 spiro atoms. The average Bonchev–Trinajstić information content (AvgIpc) is 2.48. The first-order valence-electron chi connectivity index (χ1n) is 6.97. The molecule has 2 amide bonds. The van der Waals surface area contributed by atoms with Gasteiger partial charge in [0.1, 0.15) is 5.82 Å². The molecule has 0 aliphatic rings. The first-order valence-corrected chi connectivity index (χ1v) is 7.34. The van der Waals surface area contributed by atoms with Gasteiger partial charge in [0.25, 0.3) is 5.91 Å². The molecule has 2 aromatic carbocycles. The van der Waals surface area contributed by atoms with E-state index in [1.165, 1.54) is 32.0 Å². The molecule has 2 N–H and O–H groups in total. The number of ketones is 1. The van der Waals surface area contributed by atoms with Crippen molar-refractivity contribution in [1.82, 2.24) is 0 Å². The number of benzene rings is 2. The van der Waals surface area contributed by atoms with Crippen LogP contribution in [0.4, 0.5) is 15.8 Å². The number of nitrogens with one attached hydrogen (secondary N) is 2. The number of hydrogen-bond donors (Lipinski definition) is 2. The van der Waals surface area contributed by atoms with Crippen LogP contribution in [0.15, 0.2) is 36.4 Å². The molecular formula is C17H14ClFN2O3. The van der Waals surface area contributed by atoms with E-state index in [0.29, 0.717) is 5.69 Å². The summed E-state index contributed by atoms with van der Waals surface area (Å²) in [5, 5.41) is 5.17. The molecule has 0 fully saturated rings. The van der Waals surface area contributed by atoms with E-state index in [0.717, 1.165) is 12.1 Å². The van der Waals surface area contributed by atoms with Crippen LogP contribution in [0.25, 0.3) is 0 Å². The van der Waals surface area contributed by atoms with Crippen molar-refractivity contribution < 1.29 is 18.8 Å². The van der Waals surface area contributed by atoms with Crippen LogP contribution in [0, 0.1) is 5.82 Å². The van der Waals surface area contributed by atoms with Crippen LogP contribution in [-0.4, -0.2) is 17.6 Å². The lowest BCUT2D eigenvalue weighted by Gasteiger charge is -2.11. The van der Waals surface area contributed by atoms with Crippen molar-refractivity contribution in [3.05, 3.63) is 58.4 Å². The first kappa shape index (κ1) is 17.6. The molecular weight excluding hydrogens is 335 g/mol. The maximum absolute atomic E-state index is 13.4. The Morgan fingerprint density at radius 3 is 2.29 bits per heavy atom. The Morgan fingerprint density at radius 2 is 1.67 bits per heavy atom. The summed E-state index contributed by atoms with van der Waals surface area (Å²) in [6.45, 7) is 2.65. The van der Waals surface area contributed by atoms with E-state index < -0.39 is 11.7 Å². The number of rotatable bonds is 4. The van der Waals surface area contributed by atoms with Crippen LogP contribution in [-0.2, 0) is 4.79 Å². The van der Waals surface area contributed by atoms with Gasteiger partial charge in [0.05, 0.1) is 16.3 Å². The summed E-state index contributed by atoms with van der Waals surface area (Å²) in [5.41, 5.74) is 0.706. The minimum atomic E-state index is -0.625. The van der Waals surface area contributed by atoms with E-state index in [4.69, 9.17) is 11.6 Å². The molecule has 2 aromatic rings. The largest absolute Gasteiger partial charge is 0.326 e. The lowest BCUT2D eigenvalue weighted by atomic mass is 10.1. The molecule has 0 atom stereocenters. The summed E-state index contributed by atoms with van der Waals surface area (Å²) in [6.07, 6.45) is 0. The molecule has 0 saturated heterocycles. The van der Waals surface area contributed by atoms with Gasteiger partial charge in [-0.25, -0.2) is 4.39 Å². The molecule has 2 rings (SSSR count). The van der Waals surface area contributed by atoms with Crippen LogP contribution in [0.3, 0.4) is 0 Å². The second-order valence-electron chi connectivity index (χ2n) is 5.08. The normalized spacial score (nSPS) is 10.2. The monoisotopic (exact) mass is 348 g/mol. The summed E-state index contributed by atoms with van der Waals surface area (Å²) < 4.78 is 13.4. The van der Waals surface area contributed by atoms with Crippen molar-refractivity contribution >= 4 is 40.6 Å². The van der Waals surface area contributed by atoms with Crippen LogP contribution in [0.5, 0.6) is 0 Å². The average molecular weight is 349 g/mol. The fourth-order valence-corrected chi connectivity index (χ4v) is 2.30. The Morgan fingerprint density at radius 1 is 0.958 bits per heavy atom. The van der Waals surface area contributed by atoms with Crippen molar-refractivity contribution in [1.29, 1.82) is 0 Å². The number of anilines is 2. The topological polar surface area (TPSA) is 75.3 Å². The van der Waals surface area contributed by atoms with Gasteiger partial charge in [0.15, 0.2) is 5.78 Å². The third kappa shape index (κ3) is 4.17. The highest BCUT2D eigenvalue weighted by atomic mass is 35.5. The van der Waals surface area contributed by atoms with E-state index >= 15 is 0 Å². The molecule has 124 valence electrons. The van der Waals surface area contributed by atoms with E-state index in [1.807, 2.05) is 0 Å². The Hall–Kier alpha value is -2.73. The van der Waals surface area contributed by atoms with Gasteiger partial charge in [-0.05, 0) is 43.3 Å². The number of Topliss-reactive ketones (excluding diaryl/α,β-unsaturated/α-hetero) is 1. The lowest BCUT2D eigenvalue weighted by molar-refractivity contribution is -0.114. The van der Waals surface area contributed by atoms with Gasteiger partial charge in [-0.3, -0.25) is 14.4 Å². The van der Waals surface area contributed by atoms with Gasteiger partial charge in [-0.2, -0.15) is 0 Å². The van der Waals surface area contributed by atoms with Crippen LogP contribution in [0.2, 0.25) is 5.02 Å². The highest BCUT2D eigenvalue weighted by Gasteiger charge is 2.16. The summed E-state index contributed by atoms with van der Waals surface area (Å²) in [6, 6.07) is 7.88. The Kier molecular flexibility index (Phi) is 5.31. The molecule has 0 bridgehead atoms. The van der Waals surface area contributed by atoms with Crippen molar-refractivity contribution in [2.24, 2.45) is 0 Å². The van der Waals surface area contributed by atoms with Gasteiger partial charge in [-0.15, -0.1) is 0 Å². The predicted octanol–water partition coefficient (Wildman–Crippen LogP) is 3.89. The zero-order valence-electron chi connectivity index (χ0n) is 12.9. The Bertz CT molecular complexity index is 837. The molecule has 5 nitrogen and oxygen atoms in total. The molecule has 7 heteroatoms. The first-order chi connectivity index (χ1) is 11.3. The lowest BCUT2D eigenvalue weighted by Crippen LogP contribution is -2.16. The molecule has 0 aliphatic heterocycles. The molecule has 0 aromatic heterocycles. The smallest absolute Gasteiger partial charge is 0.257 e. The van der Waals surface area contributed by atoms with Gasteiger partial charge < -0.3 is 10.6 Å². The minimum absolute atomic E-state index is 0.0495. The zero-order chi connectivity index (χ0) is 17.9. The quantitative estimate of drug-likeness (QED) is 0.823. The minimum Gasteiger partial charge on any atom is -0.326 e. The fraction of sp³-hybridized carbons (Fsp3) is 0.118. The highest BCUT2D eigenvalue weighted by Crippen LogP contribution is 2.24. The zero-order valence-corrected chi connectivity index (χ0v) is 13.7. The Balaban J connectivity index is 2.35. The number of halogens is 2. The third-order valence-electron chi connectivity index (χ3n) is 3.14. The third-order valence-corrected chi connectivity index (χ3v) is 3.47. The van der Waals surface area contributed by atoms with Gasteiger partial charge in [0.2, 0.25) is 5.91 Å². The fourth-order valence-electron chi connectivity index (χ4n) is 2.10. The number of carbonyl (C=O) groups is 3. The second kappa shape index (κ2) is 7.23. The van der Waals surface area contributed by atoms with Gasteiger partial charge >= 0.3 is 0 Å². The molecule has 0 radical (unpaired) electrons. The molecule has 0 aliphatic carbocycles. The number of amides is 2. The molecule has 0 saturated carbocycles. The van der Waals surface area contributed by atoms with Crippen LogP contribution < -0.4 is 10.6 Å². The van der Waals surface area contributed by atoms with E-state index in [2.05, 4.69) is 10.6 Å². The maximum atomic E-state index is 13.4. The molecule has 0 unspecified atom stereocenters. The van der Waals surface area contributed by atoms with Crippen molar-refractivity contribution in [2.45, 2.75) is 13.8 Å². The summed E-state index contributed by atoms with van der Waals surface area (Å²) >= 11 is 6.01. The summed E-state index contributed by atoms with van der Waals surface area (Å²) in [7, 11) is 0. The number of hydrogen-bond acceptors (Lipinski definition) is 3. The van der Waals surface area contributed by atoms with E-state index in [9.17, 15) is 18.8 Å². The van der Waals surface area contributed by atoms with Gasteiger partial charge in [0, 0.05) is 18.2 Å². The highest BCUT2D eigenvalue weighted by molar-refractivity contribution is 6.34. The van der Waals surface area contributed by atoms with Crippen molar-refractivity contribution in [2.75, 3.05) is 10.6 Å². The van der Waals surface area contributed by atoms with Crippen LogP contribution in [0.1, 0.15) is 34.6 Å². The molecule has 0 heterocycles. The Labute approximate surface area is 142 Å². The van der Waals surface area contributed by atoms with E-state index in [-0.39, 0.29) is 33.5 Å². The standard InChI is InChI=1S/C17H14ClFN2O3/c1-9(22)13-5-3-11(19)7-16(13)21-17(24)14-8-12(20-10(2)23)4-6-15(14)18/h3-8H,1-2H3,(H,20,23)(H,21,24). The summed E-state index contributed by atoms with van der Waals surface area (Å²) in [4.78, 5) is 35.1. The predicted molar refractivity (Wildman–Crippen MR) is 90.1 cm³/mol. The van der Waals surface area contributed by atoms with Crippen molar-refractivity contribution in [3.8, 4) is 0 Å². The van der Waals surface area contributed by atoms with Crippen LogP contribution >= 0.6 is 11.6 Å². The number of carbonyl (C=O) groups excluding carboxylic acids is 3. The second-order valence-corrected chi connectivity index (χ2v) is 5.48. The molecule has 24 heavy (non-hydrogen) atoms. The van der Waals surface area contributed by atoms with Crippen molar-refractivity contribution in [3.63, 3.8) is 0 Å². The maximum Gasteiger partial charge on any atom is 0.257 e. The summed E-state index contributed by atoms with van der Waals surface area (Å²) in [5.74, 6) is -1.83. The SMILES string of the molecule is CC(=O)Nc1ccc(Cl)c(C(=O)Nc2cc(F)ccc2C(C)=O)c1. The van der Waals surface area contributed by atoms with Gasteiger partial charge in [-0.1, -0.05) is 11.6 Å². The van der Waals surface area contributed by atoms with E-state index in [1.54, 1.807) is 6.07 Å².